The van der Waals surface area contributed by atoms with Crippen molar-refractivity contribution in [2.45, 2.75) is 32.0 Å². The van der Waals surface area contributed by atoms with Crippen molar-refractivity contribution in [1.29, 1.82) is 0 Å². The molecular formula is C16H17ClN6O. The number of benzene rings is 1. The molecule has 0 saturated carbocycles. The fraction of sp³-hybridized carbons (Fsp3) is 0.375. The lowest BCUT2D eigenvalue weighted by atomic mass is 10.2. The molecule has 3 aromatic rings. The normalized spacial score (nSPS) is 18.5. The zero-order valence-electron chi connectivity index (χ0n) is 13.0. The molecule has 2 aromatic heterocycles. The molecule has 1 N–H and O–H groups in total. The van der Waals surface area contributed by atoms with Crippen molar-refractivity contribution >= 4 is 22.5 Å². The van der Waals surface area contributed by atoms with Crippen LogP contribution in [0.25, 0.3) is 10.9 Å². The SMILES string of the molecule is O=c1[nH]c(CN2CCC[C@@H]2Cn2cncn2)nc2ccc(Cl)cc12. The number of likely N-dealkylation sites (tertiary alicyclic amines) is 1. The molecule has 8 heteroatoms. The number of H-pyrrole nitrogens is 1. The van der Waals surface area contributed by atoms with Crippen molar-refractivity contribution < 1.29 is 0 Å². The average Bonchev–Trinajstić information content (AvgIpc) is 3.21. The molecule has 0 amide bonds. The highest BCUT2D eigenvalue weighted by atomic mass is 35.5. The maximum absolute atomic E-state index is 12.3. The van der Waals surface area contributed by atoms with Gasteiger partial charge in [-0.05, 0) is 37.6 Å². The first kappa shape index (κ1) is 15.3. The van der Waals surface area contributed by atoms with Gasteiger partial charge in [-0.15, -0.1) is 0 Å². The van der Waals surface area contributed by atoms with E-state index in [9.17, 15) is 4.79 Å². The summed E-state index contributed by atoms with van der Waals surface area (Å²) >= 11 is 5.95. The number of aromatic nitrogens is 5. The molecule has 1 aliphatic heterocycles. The maximum Gasteiger partial charge on any atom is 0.258 e. The number of rotatable bonds is 4. The predicted octanol–water partition coefficient (Wildman–Crippen LogP) is 1.83. The van der Waals surface area contributed by atoms with Crippen LogP contribution in [-0.2, 0) is 13.1 Å². The van der Waals surface area contributed by atoms with E-state index in [1.54, 1.807) is 30.9 Å². The van der Waals surface area contributed by atoms with Crippen LogP contribution in [0.15, 0.2) is 35.6 Å². The number of nitrogens with one attached hydrogen (secondary N) is 1. The Morgan fingerprint density at radius 2 is 2.29 bits per heavy atom. The molecular weight excluding hydrogens is 328 g/mol. The number of hydrogen-bond acceptors (Lipinski definition) is 5. The summed E-state index contributed by atoms with van der Waals surface area (Å²) in [6.45, 7) is 2.41. The molecule has 0 bridgehead atoms. The number of aromatic amines is 1. The summed E-state index contributed by atoms with van der Waals surface area (Å²) in [7, 11) is 0. The monoisotopic (exact) mass is 344 g/mol. The second-order valence-electron chi connectivity index (χ2n) is 6.06. The van der Waals surface area contributed by atoms with Gasteiger partial charge in [-0.3, -0.25) is 14.4 Å². The summed E-state index contributed by atoms with van der Waals surface area (Å²) in [6, 6.07) is 5.56. The first-order chi connectivity index (χ1) is 11.7. The van der Waals surface area contributed by atoms with Crippen LogP contribution in [0.1, 0.15) is 18.7 Å². The van der Waals surface area contributed by atoms with E-state index in [0.29, 0.717) is 34.3 Å². The Labute approximate surface area is 143 Å². The van der Waals surface area contributed by atoms with Gasteiger partial charge >= 0.3 is 0 Å². The third-order valence-electron chi connectivity index (χ3n) is 4.43. The second-order valence-corrected chi connectivity index (χ2v) is 6.49. The van der Waals surface area contributed by atoms with Gasteiger partial charge in [0.1, 0.15) is 18.5 Å². The van der Waals surface area contributed by atoms with Gasteiger partial charge in [-0.25, -0.2) is 9.97 Å². The molecule has 1 aliphatic rings. The van der Waals surface area contributed by atoms with Crippen LogP contribution in [0.5, 0.6) is 0 Å². The van der Waals surface area contributed by atoms with Crippen molar-refractivity contribution in [3.8, 4) is 0 Å². The van der Waals surface area contributed by atoms with Crippen LogP contribution in [0.3, 0.4) is 0 Å². The third kappa shape index (κ3) is 3.05. The van der Waals surface area contributed by atoms with Crippen molar-refractivity contribution in [2.75, 3.05) is 6.54 Å². The smallest absolute Gasteiger partial charge is 0.258 e. The van der Waals surface area contributed by atoms with E-state index in [2.05, 4.69) is 25.0 Å². The van der Waals surface area contributed by atoms with Crippen LogP contribution >= 0.6 is 11.6 Å². The highest BCUT2D eigenvalue weighted by molar-refractivity contribution is 6.31. The molecule has 1 atom stereocenters. The minimum atomic E-state index is -0.149. The zero-order valence-corrected chi connectivity index (χ0v) is 13.8. The van der Waals surface area contributed by atoms with Gasteiger partial charge in [0.2, 0.25) is 0 Å². The van der Waals surface area contributed by atoms with E-state index in [1.807, 2.05) is 4.68 Å². The van der Waals surface area contributed by atoms with Gasteiger partial charge in [-0.1, -0.05) is 11.6 Å². The van der Waals surface area contributed by atoms with E-state index >= 15 is 0 Å². The van der Waals surface area contributed by atoms with E-state index in [1.165, 1.54) is 0 Å². The summed E-state index contributed by atoms with van der Waals surface area (Å²) in [5, 5.41) is 5.23. The van der Waals surface area contributed by atoms with Gasteiger partial charge in [0.25, 0.3) is 5.56 Å². The van der Waals surface area contributed by atoms with Crippen LogP contribution < -0.4 is 5.56 Å². The van der Waals surface area contributed by atoms with Gasteiger partial charge in [0.15, 0.2) is 0 Å². The molecule has 1 saturated heterocycles. The Kier molecular flexibility index (Phi) is 4.03. The Hall–Kier alpha value is -2.25. The van der Waals surface area contributed by atoms with E-state index < -0.39 is 0 Å². The molecule has 0 aliphatic carbocycles. The van der Waals surface area contributed by atoms with Crippen LogP contribution in [0.2, 0.25) is 5.02 Å². The highest BCUT2D eigenvalue weighted by Gasteiger charge is 2.25. The van der Waals surface area contributed by atoms with Crippen LogP contribution in [0, 0.1) is 0 Å². The Balaban J connectivity index is 1.57. The first-order valence-corrected chi connectivity index (χ1v) is 8.32. The quantitative estimate of drug-likeness (QED) is 0.781. The van der Waals surface area contributed by atoms with E-state index in [-0.39, 0.29) is 5.56 Å². The fourth-order valence-corrected chi connectivity index (χ4v) is 3.45. The molecule has 4 rings (SSSR count). The number of halogens is 1. The van der Waals surface area contributed by atoms with Crippen molar-refractivity contribution in [2.24, 2.45) is 0 Å². The lowest BCUT2D eigenvalue weighted by Crippen LogP contribution is -2.33. The largest absolute Gasteiger partial charge is 0.309 e. The minimum Gasteiger partial charge on any atom is -0.309 e. The Bertz CT molecular complexity index is 907. The number of nitrogens with zero attached hydrogens (tertiary/aromatic N) is 5. The molecule has 1 aromatic carbocycles. The summed E-state index contributed by atoms with van der Waals surface area (Å²) in [4.78, 5) is 26.1. The Morgan fingerprint density at radius 3 is 3.12 bits per heavy atom. The molecule has 0 unspecified atom stereocenters. The molecule has 24 heavy (non-hydrogen) atoms. The molecule has 1 fully saturated rings. The van der Waals surface area contributed by atoms with E-state index in [0.717, 1.165) is 25.9 Å². The van der Waals surface area contributed by atoms with Crippen molar-refractivity contribution in [3.05, 3.63) is 52.1 Å². The summed E-state index contributed by atoms with van der Waals surface area (Å²) < 4.78 is 1.85. The van der Waals surface area contributed by atoms with Crippen LogP contribution in [-0.4, -0.2) is 42.2 Å². The lowest BCUT2D eigenvalue weighted by molar-refractivity contribution is 0.214. The molecule has 7 nitrogen and oxygen atoms in total. The number of hydrogen-bond donors (Lipinski definition) is 1. The maximum atomic E-state index is 12.3. The topological polar surface area (TPSA) is 79.7 Å². The minimum absolute atomic E-state index is 0.149. The Morgan fingerprint density at radius 1 is 1.38 bits per heavy atom. The molecule has 3 heterocycles. The summed E-state index contributed by atoms with van der Waals surface area (Å²) in [5.74, 6) is 0.681. The first-order valence-electron chi connectivity index (χ1n) is 7.94. The number of fused-ring (bicyclic) bond motifs is 1. The summed E-state index contributed by atoms with van der Waals surface area (Å²) in [6.07, 6.45) is 5.52. The zero-order chi connectivity index (χ0) is 16.5. The van der Waals surface area contributed by atoms with Crippen LogP contribution in [0.4, 0.5) is 0 Å². The molecule has 124 valence electrons. The predicted molar refractivity (Wildman–Crippen MR) is 90.8 cm³/mol. The van der Waals surface area contributed by atoms with E-state index in [4.69, 9.17) is 11.6 Å². The van der Waals surface area contributed by atoms with Gasteiger partial charge in [-0.2, -0.15) is 5.10 Å². The molecule has 0 radical (unpaired) electrons. The standard InChI is InChI=1S/C16H17ClN6O/c17-11-3-4-14-13(6-11)16(24)21-15(20-14)8-22-5-1-2-12(22)7-23-10-18-9-19-23/h3-4,6,9-10,12H,1-2,5,7-8H2,(H,20,21,24)/t12-/m1/s1. The van der Waals surface area contributed by atoms with Crippen molar-refractivity contribution in [3.63, 3.8) is 0 Å². The summed E-state index contributed by atoms with van der Waals surface area (Å²) in [5.41, 5.74) is 0.523. The van der Waals surface area contributed by atoms with Gasteiger partial charge < -0.3 is 4.98 Å². The van der Waals surface area contributed by atoms with Gasteiger partial charge in [0.05, 0.1) is 24.0 Å². The average molecular weight is 345 g/mol. The fourth-order valence-electron chi connectivity index (χ4n) is 3.28. The second kappa shape index (κ2) is 6.33. The molecule has 0 spiro atoms. The third-order valence-corrected chi connectivity index (χ3v) is 4.67. The highest BCUT2D eigenvalue weighted by Crippen LogP contribution is 2.21. The van der Waals surface area contributed by atoms with Gasteiger partial charge in [0, 0.05) is 11.1 Å². The van der Waals surface area contributed by atoms with Crippen molar-refractivity contribution in [1.82, 2.24) is 29.6 Å². The lowest BCUT2D eigenvalue weighted by Gasteiger charge is -2.23.